The molecule has 0 unspecified atom stereocenters. The van der Waals surface area contributed by atoms with E-state index in [4.69, 9.17) is 14.2 Å². The average Bonchev–Trinajstić information content (AvgIpc) is 3.64. The third-order valence-corrected chi connectivity index (χ3v) is 7.54. The largest absolute Gasteiger partial charge is 0.497 e. The van der Waals surface area contributed by atoms with Crippen LogP contribution in [0.15, 0.2) is 78.9 Å². The van der Waals surface area contributed by atoms with Crippen LogP contribution in [0.5, 0.6) is 17.2 Å². The van der Waals surface area contributed by atoms with E-state index in [-0.39, 0.29) is 37.6 Å². The summed E-state index contributed by atoms with van der Waals surface area (Å²) in [5.74, 6) is 1.38. The topological polar surface area (TPSA) is 108 Å². The van der Waals surface area contributed by atoms with Crippen molar-refractivity contribution in [3.05, 3.63) is 84.4 Å². The van der Waals surface area contributed by atoms with Crippen molar-refractivity contribution >= 4 is 28.5 Å². The second-order valence-corrected chi connectivity index (χ2v) is 10.2. The van der Waals surface area contributed by atoms with Gasteiger partial charge in [0.05, 0.1) is 12.6 Å². The van der Waals surface area contributed by atoms with E-state index in [1.54, 1.807) is 34.9 Å². The summed E-state index contributed by atoms with van der Waals surface area (Å²) in [4.78, 5) is 29.9. The first-order chi connectivity index (χ1) is 20.1. The minimum atomic E-state index is -0.727. The van der Waals surface area contributed by atoms with Gasteiger partial charge < -0.3 is 24.4 Å². The van der Waals surface area contributed by atoms with Gasteiger partial charge in [-0.3, -0.25) is 9.59 Å². The first-order valence-corrected chi connectivity index (χ1v) is 13.6. The third-order valence-electron chi connectivity index (χ3n) is 7.54. The lowest BCUT2D eigenvalue weighted by atomic mass is 9.85. The molecule has 2 aliphatic rings. The summed E-state index contributed by atoms with van der Waals surface area (Å²) in [6, 6.07) is 19.6. The highest BCUT2D eigenvalue weighted by Crippen LogP contribution is 2.35. The molecule has 210 valence electrons. The molecule has 1 N–H and O–H groups in total. The molecule has 1 aliphatic heterocycles. The SMILES string of the molecule is COc1ccc(CN(C(=O)Cn2nnc3ccccc32)[C@@H](C(=O)Nc2ccc3c(c2)OCO3)[C@H]2CC=CCC2)cc1. The fourth-order valence-electron chi connectivity index (χ4n) is 5.43. The highest BCUT2D eigenvalue weighted by Gasteiger charge is 2.37. The smallest absolute Gasteiger partial charge is 0.247 e. The molecule has 1 aliphatic carbocycles. The molecule has 0 spiro atoms. The molecule has 0 bridgehead atoms. The zero-order valence-electron chi connectivity index (χ0n) is 22.7. The molecule has 3 aromatic carbocycles. The number of hydrogen-bond acceptors (Lipinski definition) is 7. The molecule has 10 nitrogen and oxygen atoms in total. The van der Waals surface area contributed by atoms with Crippen LogP contribution in [0.3, 0.4) is 0 Å². The summed E-state index contributed by atoms with van der Waals surface area (Å²) in [5.41, 5.74) is 2.92. The molecular weight excluding hydrogens is 522 g/mol. The Morgan fingerprint density at radius 3 is 2.71 bits per heavy atom. The molecule has 1 aromatic heterocycles. The fourth-order valence-corrected chi connectivity index (χ4v) is 5.43. The minimum absolute atomic E-state index is 0.0486. The number of nitrogens with one attached hydrogen (secondary N) is 1. The van der Waals surface area contributed by atoms with E-state index in [0.29, 0.717) is 29.1 Å². The van der Waals surface area contributed by atoms with Gasteiger partial charge in [0.25, 0.3) is 0 Å². The Balaban J connectivity index is 1.34. The van der Waals surface area contributed by atoms with Crippen LogP contribution in [0.4, 0.5) is 5.69 Å². The van der Waals surface area contributed by atoms with Crippen molar-refractivity contribution in [2.24, 2.45) is 5.92 Å². The van der Waals surface area contributed by atoms with Gasteiger partial charge in [0.15, 0.2) is 11.5 Å². The number of hydrogen-bond donors (Lipinski definition) is 1. The number of rotatable bonds is 9. The Bertz CT molecular complexity index is 1580. The molecule has 2 atom stereocenters. The normalized spacial score (nSPS) is 16.4. The lowest BCUT2D eigenvalue weighted by Gasteiger charge is -2.37. The quantitative estimate of drug-likeness (QED) is 0.303. The summed E-state index contributed by atoms with van der Waals surface area (Å²) < 4.78 is 17.8. The fraction of sp³-hybridized carbons (Fsp3) is 0.290. The molecule has 4 aromatic rings. The van der Waals surface area contributed by atoms with Crippen LogP contribution in [0.2, 0.25) is 0 Å². The van der Waals surface area contributed by atoms with E-state index in [9.17, 15) is 9.59 Å². The van der Waals surface area contributed by atoms with Crippen LogP contribution in [0, 0.1) is 5.92 Å². The van der Waals surface area contributed by atoms with Gasteiger partial charge in [0.2, 0.25) is 18.6 Å². The maximum atomic E-state index is 14.2. The molecule has 6 rings (SSSR count). The van der Waals surface area contributed by atoms with Gasteiger partial charge in [-0.05, 0) is 67.1 Å². The summed E-state index contributed by atoms with van der Waals surface area (Å²) in [7, 11) is 1.61. The predicted octanol–water partition coefficient (Wildman–Crippen LogP) is 4.56. The maximum absolute atomic E-state index is 14.2. The van der Waals surface area contributed by atoms with Crippen molar-refractivity contribution in [1.82, 2.24) is 19.9 Å². The number of carbonyl (C=O) groups excluding carboxylic acids is 2. The molecule has 0 radical (unpaired) electrons. The molecule has 2 heterocycles. The lowest BCUT2D eigenvalue weighted by Crippen LogP contribution is -2.52. The monoisotopic (exact) mass is 553 g/mol. The van der Waals surface area contributed by atoms with Gasteiger partial charge in [-0.2, -0.15) is 0 Å². The summed E-state index contributed by atoms with van der Waals surface area (Å²) in [6.45, 7) is 0.340. The Labute approximate surface area is 237 Å². The first-order valence-electron chi connectivity index (χ1n) is 13.6. The average molecular weight is 554 g/mol. The zero-order chi connectivity index (χ0) is 28.2. The Morgan fingerprint density at radius 1 is 1.07 bits per heavy atom. The number of aromatic nitrogens is 3. The van der Waals surface area contributed by atoms with Gasteiger partial charge in [0, 0.05) is 18.3 Å². The van der Waals surface area contributed by atoms with Crippen LogP contribution >= 0.6 is 0 Å². The van der Waals surface area contributed by atoms with Crippen molar-refractivity contribution in [2.45, 2.75) is 38.4 Å². The Morgan fingerprint density at radius 2 is 1.90 bits per heavy atom. The number of anilines is 1. The molecule has 0 saturated carbocycles. The van der Waals surface area contributed by atoms with Crippen molar-refractivity contribution in [2.75, 3.05) is 19.2 Å². The van der Waals surface area contributed by atoms with Gasteiger partial charge in [-0.1, -0.05) is 41.6 Å². The van der Waals surface area contributed by atoms with Crippen LogP contribution in [0.1, 0.15) is 24.8 Å². The number of carbonyl (C=O) groups is 2. The van der Waals surface area contributed by atoms with Crippen LogP contribution in [0.25, 0.3) is 11.0 Å². The number of nitrogens with zero attached hydrogens (tertiary/aromatic N) is 4. The van der Waals surface area contributed by atoms with Crippen molar-refractivity contribution in [3.63, 3.8) is 0 Å². The van der Waals surface area contributed by atoms with Gasteiger partial charge in [-0.15, -0.1) is 5.10 Å². The van der Waals surface area contributed by atoms with E-state index in [0.717, 1.165) is 29.7 Å². The number of fused-ring (bicyclic) bond motifs is 2. The van der Waals surface area contributed by atoms with Crippen molar-refractivity contribution < 1.29 is 23.8 Å². The minimum Gasteiger partial charge on any atom is -0.497 e. The zero-order valence-corrected chi connectivity index (χ0v) is 22.7. The number of methoxy groups -OCH3 is 1. The van der Waals surface area contributed by atoms with E-state index < -0.39 is 6.04 Å². The highest BCUT2D eigenvalue weighted by atomic mass is 16.7. The molecular formula is C31H31N5O5. The van der Waals surface area contributed by atoms with Crippen LogP contribution in [-0.2, 0) is 22.7 Å². The van der Waals surface area contributed by atoms with Crippen LogP contribution in [-0.4, -0.2) is 51.7 Å². The van der Waals surface area contributed by atoms with Gasteiger partial charge >= 0.3 is 0 Å². The number of benzene rings is 3. The number of ether oxygens (including phenoxy) is 3. The van der Waals surface area contributed by atoms with E-state index >= 15 is 0 Å². The lowest BCUT2D eigenvalue weighted by molar-refractivity contribution is -0.142. The molecule has 0 saturated heterocycles. The van der Waals surface area contributed by atoms with Gasteiger partial charge in [0.1, 0.15) is 23.9 Å². The standard InChI is InChI=1S/C31H31N5O5/c1-39-24-14-11-21(12-15-24)18-35(29(37)19-36-26-10-6-5-9-25(26)33-34-36)30(22-7-3-2-4-8-22)31(38)32-23-13-16-27-28(17-23)41-20-40-27/h2-3,5-6,9-17,22,30H,4,7-8,18-20H2,1H3,(H,32,38)/t22-,30+/m0/s1. The van der Waals surface area contributed by atoms with Crippen LogP contribution < -0.4 is 19.5 Å². The number of amides is 2. The number of para-hydroxylation sites is 1. The summed E-state index contributed by atoms with van der Waals surface area (Å²) in [6.07, 6.45) is 6.54. The molecule has 2 amide bonds. The van der Waals surface area contributed by atoms with Gasteiger partial charge in [-0.25, -0.2) is 4.68 Å². The Hall–Kier alpha value is -4.86. The van der Waals surface area contributed by atoms with E-state index in [2.05, 4.69) is 27.8 Å². The van der Waals surface area contributed by atoms with E-state index in [1.165, 1.54) is 0 Å². The first kappa shape index (κ1) is 26.4. The molecule has 0 fully saturated rings. The second-order valence-electron chi connectivity index (χ2n) is 10.2. The van der Waals surface area contributed by atoms with Crippen molar-refractivity contribution in [1.29, 1.82) is 0 Å². The number of allylic oxidation sites excluding steroid dienone is 2. The molecule has 10 heteroatoms. The third kappa shape index (κ3) is 5.72. The highest BCUT2D eigenvalue weighted by molar-refractivity contribution is 5.98. The second kappa shape index (κ2) is 11.7. The summed E-state index contributed by atoms with van der Waals surface area (Å²) in [5, 5.41) is 11.5. The predicted molar refractivity (Wildman–Crippen MR) is 153 cm³/mol. The van der Waals surface area contributed by atoms with E-state index in [1.807, 2.05) is 48.5 Å². The van der Waals surface area contributed by atoms with Crippen molar-refractivity contribution in [3.8, 4) is 17.2 Å². The Kier molecular flexibility index (Phi) is 7.53. The molecule has 41 heavy (non-hydrogen) atoms. The summed E-state index contributed by atoms with van der Waals surface area (Å²) >= 11 is 0. The maximum Gasteiger partial charge on any atom is 0.247 e.